The summed E-state index contributed by atoms with van der Waals surface area (Å²) in [4.78, 5) is 24.8. The van der Waals surface area contributed by atoms with Crippen LogP contribution in [0.2, 0.25) is 0 Å². The van der Waals surface area contributed by atoms with Crippen LogP contribution in [-0.4, -0.2) is 22.8 Å². The molecule has 0 aliphatic heterocycles. The zero-order chi connectivity index (χ0) is 15.7. The lowest BCUT2D eigenvalue weighted by Gasteiger charge is -2.56. The van der Waals surface area contributed by atoms with E-state index >= 15 is 0 Å². The second kappa shape index (κ2) is 4.53. The van der Waals surface area contributed by atoms with Gasteiger partial charge in [0.05, 0.1) is 6.10 Å². The number of fused-ring (bicyclic) bond motifs is 5. The van der Waals surface area contributed by atoms with Crippen molar-refractivity contribution >= 4 is 11.6 Å². The summed E-state index contributed by atoms with van der Waals surface area (Å²) in [5.41, 5.74) is 0.906. The highest BCUT2D eigenvalue weighted by molar-refractivity contribution is 5.93. The summed E-state index contributed by atoms with van der Waals surface area (Å²) in [5.74, 6) is 1.52. The van der Waals surface area contributed by atoms with Gasteiger partial charge in [0.2, 0.25) is 0 Å². The van der Waals surface area contributed by atoms with Gasteiger partial charge in [-0.25, -0.2) is 0 Å². The summed E-state index contributed by atoms with van der Waals surface area (Å²) in [6.07, 6.45) is 7.33. The van der Waals surface area contributed by atoms with Gasteiger partial charge in [-0.05, 0) is 55.4 Å². The van der Waals surface area contributed by atoms with Crippen LogP contribution in [0.1, 0.15) is 58.8 Å². The summed E-state index contributed by atoms with van der Waals surface area (Å²) in [6, 6.07) is 0. The summed E-state index contributed by atoms with van der Waals surface area (Å²) in [5, 5.41) is 10.4. The number of Topliss-reactive ketones (excluding diaryl/α,β-unsaturated/α-hetero) is 1. The van der Waals surface area contributed by atoms with E-state index in [0.29, 0.717) is 30.5 Å². The molecule has 0 unspecified atom stereocenters. The molecule has 4 rings (SSSR count). The highest BCUT2D eigenvalue weighted by Crippen LogP contribution is 2.64. The molecule has 0 heterocycles. The molecule has 0 amide bonds. The topological polar surface area (TPSA) is 54.4 Å². The van der Waals surface area contributed by atoms with Crippen molar-refractivity contribution in [3.63, 3.8) is 0 Å². The van der Waals surface area contributed by atoms with E-state index < -0.39 is 0 Å². The summed E-state index contributed by atoms with van der Waals surface area (Å²) >= 11 is 0. The lowest BCUT2D eigenvalue weighted by Crippen LogP contribution is -2.55. The zero-order valence-electron chi connectivity index (χ0n) is 13.6. The average molecular weight is 302 g/mol. The maximum Gasteiger partial charge on any atom is 0.155 e. The number of hydrogen-bond donors (Lipinski definition) is 1. The van der Waals surface area contributed by atoms with E-state index in [1.54, 1.807) is 0 Å². The number of ketones is 2. The Morgan fingerprint density at radius 3 is 2.68 bits per heavy atom. The fraction of sp³-hybridized carbons (Fsp3) is 0.789. The quantitative estimate of drug-likeness (QED) is 0.748. The van der Waals surface area contributed by atoms with Gasteiger partial charge in [-0.15, -0.1) is 0 Å². The first kappa shape index (κ1) is 14.6. The molecule has 3 saturated carbocycles. The Bertz CT molecular complexity index is 577. The van der Waals surface area contributed by atoms with E-state index in [1.165, 1.54) is 5.57 Å². The molecule has 0 aromatic carbocycles. The van der Waals surface area contributed by atoms with Crippen LogP contribution in [0.4, 0.5) is 0 Å². The number of aliphatic hydroxyl groups excluding tert-OH is 1. The van der Waals surface area contributed by atoms with Gasteiger partial charge < -0.3 is 5.11 Å². The van der Waals surface area contributed by atoms with E-state index in [2.05, 4.69) is 13.8 Å². The Morgan fingerprint density at radius 1 is 1.14 bits per heavy atom. The van der Waals surface area contributed by atoms with Gasteiger partial charge in [-0.3, -0.25) is 9.59 Å². The monoisotopic (exact) mass is 302 g/mol. The van der Waals surface area contributed by atoms with E-state index in [0.717, 1.165) is 32.1 Å². The molecule has 0 aromatic rings. The lowest BCUT2D eigenvalue weighted by atomic mass is 9.47. The molecule has 6 atom stereocenters. The highest BCUT2D eigenvalue weighted by atomic mass is 16.3. The molecule has 4 aliphatic rings. The number of aliphatic hydroxyl groups is 1. The van der Waals surface area contributed by atoms with Crippen molar-refractivity contribution in [2.45, 2.75) is 64.9 Å². The van der Waals surface area contributed by atoms with Crippen LogP contribution in [-0.2, 0) is 9.59 Å². The van der Waals surface area contributed by atoms with Crippen molar-refractivity contribution in [2.75, 3.05) is 0 Å². The molecular weight excluding hydrogens is 276 g/mol. The maximum absolute atomic E-state index is 13.0. The van der Waals surface area contributed by atoms with Crippen molar-refractivity contribution in [3.8, 4) is 0 Å². The first-order valence-electron chi connectivity index (χ1n) is 8.81. The highest BCUT2D eigenvalue weighted by Gasteiger charge is 2.61. The second-order valence-corrected chi connectivity index (χ2v) is 8.58. The van der Waals surface area contributed by atoms with Crippen LogP contribution in [0.15, 0.2) is 11.6 Å². The number of allylic oxidation sites excluding steroid dienone is 1. The minimum absolute atomic E-state index is 0.0731. The van der Waals surface area contributed by atoms with Gasteiger partial charge in [0.1, 0.15) is 5.78 Å². The number of carbonyl (C=O) groups excluding carboxylic acids is 2. The molecule has 3 heteroatoms. The van der Waals surface area contributed by atoms with E-state index in [-0.39, 0.29) is 28.6 Å². The Balaban J connectivity index is 1.76. The minimum Gasteiger partial charge on any atom is -0.393 e. The van der Waals surface area contributed by atoms with Gasteiger partial charge in [0.25, 0.3) is 0 Å². The molecular formula is C19H26O3. The van der Waals surface area contributed by atoms with Crippen molar-refractivity contribution in [1.29, 1.82) is 0 Å². The molecule has 4 aliphatic carbocycles. The normalized spacial score (nSPS) is 51.0. The van der Waals surface area contributed by atoms with Gasteiger partial charge in [-0.2, -0.15) is 0 Å². The molecule has 0 saturated heterocycles. The molecule has 0 bridgehead atoms. The van der Waals surface area contributed by atoms with Crippen molar-refractivity contribution in [3.05, 3.63) is 11.6 Å². The third-order valence-corrected chi connectivity index (χ3v) is 7.60. The van der Waals surface area contributed by atoms with Gasteiger partial charge in [-0.1, -0.05) is 19.4 Å². The molecule has 0 radical (unpaired) electrons. The molecule has 22 heavy (non-hydrogen) atoms. The third kappa shape index (κ3) is 1.72. The Kier molecular flexibility index (Phi) is 3.01. The summed E-state index contributed by atoms with van der Waals surface area (Å²) in [7, 11) is 0. The van der Waals surface area contributed by atoms with Crippen LogP contribution in [0.5, 0.6) is 0 Å². The number of carbonyl (C=O) groups is 2. The van der Waals surface area contributed by atoms with Crippen LogP contribution in [0.3, 0.4) is 0 Å². The van der Waals surface area contributed by atoms with Crippen LogP contribution >= 0.6 is 0 Å². The van der Waals surface area contributed by atoms with Crippen LogP contribution in [0, 0.1) is 28.6 Å². The zero-order valence-corrected chi connectivity index (χ0v) is 13.6. The minimum atomic E-state index is -0.319. The Hall–Kier alpha value is -0.960. The smallest absolute Gasteiger partial charge is 0.155 e. The molecule has 3 fully saturated rings. The molecule has 0 spiro atoms. The molecule has 1 N–H and O–H groups in total. The fourth-order valence-corrected chi connectivity index (χ4v) is 6.36. The van der Waals surface area contributed by atoms with Crippen LogP contribution < -0.4 is 0 Å². The first-order chi connectivity index (χ1) is 10.4. The number of hydrogen-bond acceptors (Lipinski definition) is 3. The maximum atomic E-state index is 13.0. The number of rotatable bonds is 0. The van der Waals surface area contributed by atoms with E-state index in [9.17, 15) is 14.7 Å². The SMILES string of the molecule is C[C@]12CC(=O)[C@@H]3[C@H](CCC4=CC(=O)CC[C@@]43C)[C@H]1CC[C@@H]2O. The van der Waals surface area contributed by atoms with E-state index in [1.807, 2.05) is 6.08 Å². The second-order valence-electron chi connectivity index (χ2n) is 8.58. The molecule has 0 aromatic heterocycles. The largest absolute Gasteiger partial charge is 0.393 e. The van der Waals surface area contributed by atoms with Gasteiger partial charge >= 0.3 is 0 Å². The summed E-state index contributed by atoms with van der Waals surface area (Å²) < 4.78 is 0. The third-order valence-electron chi connectivity index (χ3n) is 7.60. The van der Waals surface area contributed by atoms with Crippen molar-refractivity contribution < 1.29 is 14.7 Å². The van der Waals surface area contributed by atoms with Crippen LogP contribution in [0.25, 0.3) is 0 Å². The van der Waals surface area contributed by atoms with Crippen molar-refractivity contribution in [2.24, 2.45) is 28.6 Å². The predicted molar refractivity (Wildman–Crippen MR) is 83.1 cm³/mol. The van der Waals surface area contributed by atoms with E-state index in [4.69, 9.17) is 0 Å². The Morgan fingerprint density at radius 2 is 1.91 bits per heavy atom. The van der Waals surface area contributed by atoms with Crippen molar-refractivity contribution in [1.82, 2.24) is 0 Å². The standard InChI is InChI=1S/C19H26O3/c1-18-8-7-12(20)9-11(18)3-4-13-14-5-6-16(22)19(14,2)10-15(21)17(13)18/h9,13-14,16-17,22H,3-8,10H2,1-2H3/t13-,14-,16+,17+,18+,19+/m1/s1. The lowest BCUT2D eigenvalue weighted by molar-refractivity contribution is -0.148. The average Bonchev–Trinajstić information content (AvgIpc) is 2.75. The molecule has 3 nitrogen and oxygen atoms in total. The van der Waals surface area contributed by atoms with Gasteiger partial charge in [0, 0.05) is 24.2 Å². The predicted octanol–water partition coefficient (Wildman–Crippen LogP) is 3.06. The molecule has 120 valence electrons. The fourth-order valence-electron chi connectivity index (χ4n) is 6.36. The first-order valence-corrected chi connectivity index (χ1v) is 8.81. The summed E-state index contributed by atoms with van der Waals surface area (Å²) in [6.45, 7) is 4.34. The Labute approximate surface area is 132 Å². The van der Waals surface area contributed by atoms with Gasteiger partial charge in [0.15, 0.2) is 5.78 Å².